The molecule has 2 aliphatic rings. The molecule has 0 bridgehead atoms. The van der Waals surface area contributed by atoms with Crippen LogP contribution in [-0.2, 0) is 20.9 Å². The summed E-state index contributed by atoms with van der Waals surface area (Å²) in [5.74, 6) is 1.03. The molecule has 1 amide bonds. The highest BCUT2D eigenvalue weighted by Gasteiger charge is 2.31. The van der Waals surface area contributed by atoms with Crippen molar-refractivity contribution in [2.75, 3.05) is 51.4 Å². The molecule has 1 atom stereocenters. The third-order valence-electron chi connectivity index (χ3n) is 4.09. The molecule has 1 aromatic rings. The standard InChI is InChI=1S/C14H22N4O3S/c1-20-10-12-15-14(22-16-12)18-4-2-3-11(9-18)13(19)17-5-7-21-8-6-17/h11H,2-10H2,1H3. The molecule has 2 saturated heterocycles. The number of hydrogen-bond acceptors (Lipinski definition) is 7. The van der Waals surface area contributed by atoms with Crippen molar-refractivity contribution in [3.63, 3.8) is 0 Å². The Labute approximate surface area is 134 Å². The van der Waals surface area contributed by atoms with Crippen LogP contribution >= 0.6 is 11.5 Å². The summed E-state index contributed by atoms with van der Waals surface area (Å²) in [4.78, 5) is 21.2. The van der Waals surface area contributed by atoms with E-state index in [1.54, 1.807) is 7.11 Å². The monoisotopic (exact) mass is 326 g/mol. The van der Waals surface area contributed by atoms with E-state index in [1.807, 2.05) is 4.90 Å². The van der Waals surface area contributed by atoms with Crippen LogP contribution < -0.4 is 4.90 Å². The van der Waals surface area contributed by atoms with E-state index in [4.69, 9.17) is 9.47 Å². The van der Waals surface area contributed by atoms with E-state index in [-0.39, 0.29) is 11.8 Å². The first-order valence-electron chi connectivity index (χ1n) is 7.71. The highest BCUT2D eigenvalue weighted by atomic mass is 32.1. The second-order valence-corrected chi connectivity index (χ2v) is 6.38. The number of nitrogens with zero attached hydrogens (tertiary/aromatic N) is 4. The maximum absolute atomic E-state index is 12.6. The summed E-state index contributed by atoms with van der Waals surface area (Å²) >= 11 is 1.39. The van der Waals surface area contributed by atoms with Gasteiger partial charge in [0.1, 0.15) is 6.61 Å². The number of amides is 1. The van der Waals surface area contributed by atoms with E-state index in [1.165, 1.54) is 11.5 Å². The summed E-state index contributed by atoms with van der Waals surface area (Å²) in [5, 5.41) is 0.895. The maximum atomic E-state index is 12.6. The van der Waals surface area contributed by atoms with Gasteiger partial charge in [0.15, 0.2) is 5.82 Å². The van der Waals surface area contributed by atoms with Crippen molar-refractivity contribution in [3.8, 4) is 0 Å². The first kappa shape index (κ1) is 15.6. The predicted molar refractivity (Wildman–Crippen MR) is 83.0 cm³/mol. The summed E-state index contributed by atoms with van der Waals surface area (Å²) < 4.78 is 14.7. The molecule has 2 aliphatic heterocycles. The Morgan fingerprint density at radius 2 is 2.23 bits per heavy atom. The lowest BCUT2D eigenvalue weighted by Gasteiger charge is -2.35. The van der Waals surface area contributed by atoms with Crippen LogP contribution in [0.2, 0.25) is 0 Å². The molecule has 122 valence electrons. The van der Waals surface area contributed by atoms with Gasteiger partial charge in [0.2, 0.25) is 11.0 Å². The normalized spacial score (nSPS) is 22.9. The number of methoxy groups -OCH3 is 1. The van der Waals surface area contributed by atoms with Gasteiger partial charge < -0.3 is 19.3 Å². The number of morpholine rings is 1. The lowest BCUT2D eigenvalue weighted by Crippen LogP contribution is -2.48. The van der Waals surface area contributed by atoms with E-state index < -0.39 is 0 Å². The molecule has 0 aromatic carbocycles. The molecule has 1 unspecified atom stereocenters. The highest BCUT2D eigenvalue weighted by Crippen LogP contribution is 2.26. The van der Waals surface area contributed by atoms with Crippen LogP contribution in [0.4, 0.5) is 5.13 Å². The topological polar surface area (TPSA) is 67.8 Å². The highest BCUT2D eigenvalue weighted by molar-refractivity contribution is 7.09. The number of piperidine rings is 1. The number of aromatic nitrogens is 2. The quantitative estimate of drug-likeness (QED) is 0.814. The van der Waals surface area contributed by atoms with E-state index in [9.17, 15) is 4.79 Å². The van der Waals surface area contributed by atoms with E-state index in [0.29, 0.717) is 38.7 Å². The van der Waals surface area contributed by atoms with Gasteiger partial charge in [-0.15, -0.1) is 0 Å². The minimum absolute atomic E-state index is 0.0571. The maximum Gasteiger partial charge on any atom is 0.227 e. The van der Waals surface area contributed by atoms with Gasteiger partial charge in [0.05, 0.1) is 19.1 Å². The average molecular weight is 326 g/mol. The molecular weight excluding hydrogens is 304 g/mol. The second kappa shape index (κ2) is 7.34. The zero-order chi connectivity index (χ0) is 15.4. The molecule has 1 aromatic heterocycles. The second-order valence-electron chi connectivity index (χ2n) is 5.65. The Morgan fingerprint density at radius 1 is 1.41 bits per heavy atom. The van der Waals surface area contributed by atoms with Gasteiger partial charge in [-0.3, -0.25) is 4.79 Å². The van der Waals surface area contributed by atoms with Gasteiger partial charge >= 0.3 is 0 Å². The first-order chi connectivity index (χ1) is 10.8. The zero-order valence-electron chi connectivity index (χ0n) is 12.9. The van der Waals surface area contributed by atoms with Crippen LogP contribution in [0, 0.1) is 5.92 Å². The lowest BCUT2D eigenvalue weighted by atomic mass is 9.96. The molecule has 0 N–H and O–H groups in total. The number of ether oxygens (including phenoxy) is 2. The van der Waals surface area contributed by atoms with E-state index in [2.05, 4.69) is 14.3 Å². The Kier molecular flexibility index (Phi) is 5.22. The molecule has 3 heterocycles. The summed E-state index contributed by atoms with van der Waals surface area (Å²) in [6.45, 7) is 4.84. The van der Waals surface area contributed by atoms with Crippen molar-refractivity contribution in [1.29, 1.82) is 0 Å². The predicted octanol–water partition coefficient (Wildman–Crippen LogP) is 0.760. The fraction of sp³-hybridized carbons (Fsp3) is 0.786. The van der Waals surface area contributed by atoms with Crippen LogP contribution in [0.25, 0.3) is 0 Å². The molecule has 22 heavy (non-hydrogen) atoms. The lowest BCUT2D eigenvalue weighted by molar-refractivity contribution is -0.139. The minimum Gasteiger partial charge on any atom is -0.378 e. The van der Waals surface area contributed by atoms with Gasteiger partial charge in [-0.2, -0.15) is 4.37 Å². The first-order valence-corrected chi connectivity index (χ1v) is 8.48. The summed E-state index contributed by atoms with van der Waals surface area (Å²) in [5.41, 5.74) is 0. The van der Waals surface area contributed by atoms with Gasteiger partial charge in [0.25, 0.3) is 0 Å². The molecule has 0 spiro atoms. The average Bonchev–Trinajstić information content (AvgIpc) is 3.04. The van der Waals surface area contributed by atoms with E-state index in [0.717, 1.165) is 31.1 Å². The third kappa shape index (κ3) is 3.56. The fourth-order valence-corrected chi connectivity index (χ4v) is 3.66. The van der Waals surface area contributed by atoms with Gasteiger partial charge in [0, 0.05) is 44.8 Å². The van der Waals surface area contributed by atoms with E-state index >= 15 is 0 Å². The van der Waals surface area contributed by atoms with Gasteiger partial charge in [-0.05, 0) is 12.8 Å². The van der Waals surface area contributed by atoms with Crippen molar-refractivity contribution < 1.29 is 14.3 Å². The van der Waals surface area contributed by atoms with Crippen molar-refractivity contribution >= 4 is 22.6 Å². The van der Waals surface area contributed by atoms with Crippen molar-refractivity contribution in [2.24, 2.45) is 5.92 Å². The number of carbonyl (C=O) groups excluding carboxylic acids is 1. The van der Waals surface area contributed by atoms with Crippen LogP contribution in [-0.4, -0.2) is 66.7 Å². The Hall–Kier alpha value is -1.25. The molecule has 0 saturated carbocycles. The van der Waals surface area contributed by atoms with Crippen molar-refractivity contribution in [1.82, 2.24) is 14.3 Å². The third-order valence-corrected chi connectivity index (χ3v) is 4.91. The van der Waals surface area contributed by atoms with Gasteiger partial charge in [-0.25, -0.2) is 4.98 Å². The smallest absolute Gasteiger partial charge is 0.227 e. The van der Waals surface area contributed by atoms with Crippen molar-refractivity contribution in [3.05, 3.63) is 5.82 Å². The summed E-state index contributed by atoms with van der Waals surface area (Å²) in [6, 6.07) is 0. The molecule has 2 fully saturated rings. The number of carbonyl (C=O) groups is 1. The number of hydrogen-bond donors (Lipinski definition) is 0. The Balaban J connectivity index is 1.61. The number of rotatable bonds is 4. The molecule has 0 radical (unpaired) electrons. The van der Waals surface area contributed by atoms with Crippen LogP contribution in [0.15, 0.2) is 0 Å². The van der Waals surface area contributed by atoms with Crippen LogP contribution in [0.3, 0.4) is 0 Å². The molecule has 3 rings (SSSR count). The largest absolute Gasteiger partial charge is 0.378 e. The molecular formula is C14H22N4O3S. The minimum atomic E-state index is 0.0571. The van der Waals surface area contributed by atoms with Crippen LogP contribution in [0.5, 0.6) is 0 Å². The molecule has 0 aliphatic carbocycles. The fourth-order valence-electron chi connectivity index (χ4n) is 2.96. The summed E-state index contributed by atoms with van der Waals surface area (Å²) in [7, 11) is 1.64. The SMILES string of the molecule is COCc1nsc(N2CCCC(C(=O)N3CCOCC3)C2)n1. The van der Waals surface area contributed by atoms with Crippen molar-refractivity contribution in [2.45, 2.75) is 19.4 Å². The molecule has 7 nitrogen and oxygen atoms in total. The van der Waals surface area contributed by atoms with Crippen LogP contribution in [0.1, 0.15) is 18.7 Å². The Bertz CT molecular complexity index is 504. The Morgan fingerprint density at radius 3 is 3.00 bits per heavy atom. The zero-order valence-corrected chi connectivity index (χ0v) is 13.7. The summed E-state index contributed by atoms with van der Waals surface area (Å²) in [6.07, 6.45) is 1.97. The molecule has 8 heteroatoms. The van der Waals surface area contributed by atoms with Gasteiger partial charge in [-0.1, -0.05) is 0 Å². The number of anilines is 1.